The van der Waals surface area contributed by atoms with E-state index in [1.807, 2.05) is 42.6 Å². The monoisotopic (exact) mass is 402 g/mol. The first-order valence-electron chi connectivity index (χ1n) is 9.81. The summed E-state index contributed by atoms with van der Waals surface area (Å²) in [5, 5.41) is 10.5. The van der Waals surface area contributed by atoms with E-state index in [4.69, 9.17) is 9.47 Å². The molecule has 0 unspecified atom stereocenters. The Balaban J connectivity index is 1.30. The summed E-state index contributed by atoms with van der Waals surface area (Å²) >= 11 is 1.82. The van der Waals surface area contributed by atoms with Crippen LogP contribution in [0.5, 0.6) is 11.5 Å². The number of rotatable bonds is 8. The van der Waals surface area contributed by atoms with Crippen LogP contribution in [0, 0.1) is 0 Å². The first-order chi connectivity index (χ1) is 13.8. The lowest BCUT2D eigenvalue weighted by molar-refractivity contribution is 0.310. The highest BCUT2D eigenvalue weighted by Gasteiger charge is 2.20. The molecule has 0 spiro atoms. The summed E-state index contributed by atoms with van der Waals surface area (Å²) in [6.07, 6.45) is 3.15. The first-order valence-corrected chi connectivity index (χ1v) is 10.7. The maximum absolute atomic E-state index is 5.76. The number of piperidine rings is 1. The highest BCUT2D eigenvalue weighted by molar-refractivity contribution is 7.14. The zero-order chi connectivity index (χ0) is 19.6. The van der Waals surface area contributed by atoms with Crippen LogP contribution in [0.25, 0.3) is 0 Å². The van der Waals surface area contributed by atoms with E-state index in [2.05, 4.69) is 38.0 Å². The quantitative estimate of drug-likeness (QED) is 0.403. The van der Waals surface area contributed by atoms with Gasteiger partial charge in [0.15, 0.2) is 5.96 Å². The van der Waals surface area contributed by atoms with Gasteiger partial charge < -0.3 is 25.0 Å². The summed E-state index contributed by atoms with van der Waals surface area (Å²) in [5.41, 5.74) is 0. The van der Waals surface area contributed by atoms with Gasteiger partial charge in [-0.1, -0.05) is 0 Å². The van der Waals surface area contributed by atoms with Crippen LogP contribution >= 0.6 is 11.3 Å². The second-order valence-electron chi connectivity index (χ2n) is 6.73. The maximum Gasteiger partial charge on any atom is 0.191 e. The maximum atomic E-state index is 5.76. The lowest BCUT2D eigenvalue weighted by Crippen LogP contribution is -2.48. The number of anilines is 1. The predicted octanol–water partition coefficient (Wildman–Crippen LogP) is 3.36. The summed E-state index contributed by atoms with van der Waals surface area (Å²) < 4.78 is 10.9. The van der Waals surface area contributed by atoms with E-state index in [-0.39, 0.29) is 0 Å². The molecule has 0 saturated carbocycles. The van der Waals surface area contributed by atoms with Crippen molar-refractivity contribution < 1.29 is 9.47 Å². The largest absolute Gasteiger partial charge is 0.497 e. The van der Waals surface area contributed by atoms with Crippen molar-refractivity contribution in [1.29, 1.82) is 0 Å². The van der Waals surface area contributed by atoms with Crippen LogP contribution in [-0.4, -0.2) is 52.4 Å². The molecule has 0 amide bonds. The number of nitrogens with zero attached hydrogens (tertiary/aromatic N) is 2. The second kappa shape index (κ2) is 10.8. The van der Waals surface area contributed by atoms with Gasteiger partial charge in [0.2, 0.25) is 0 Å². The van der Waals surface area contributed by atoms with Gasteiger partial charge in [0.25, 0.3) is 0 Å². The molecule has 1 fully saturated rings. The van der Waals surface area contributed by atoms with E-state index in [9.17, 15) is 0 Å². The molecular formula is C21H30N4O2S. The predicted molar refractivity (Wildman–Crippen MR) is 117 cm³/mol. The molecule has 1 aliphatic heterocycles. The SMILES string of the molecule is CN=C(NCCCOc1ccc(OC)cc1)NC1CCN(c2cccs2)CC1. The molecule has 1 saturated heterocycles. The fourth-order valence-electron chi connectivity index (χ4n) is 3.22. The van der Waals surface area contributed by atoms with Crippen molar-refractivity contribution in [3.63, 3.8) is 0 Å². The average Bonchev–Trinajstić information content (AvgIpc) is 3.28. The third kappa shape index (κ3) is 6.05. The van der Waals surface area contributed by atoms with Gasteiger partial charge in [0.1, 0.15) is 11.5 Å². The zero-order valence-electron chi connectivity index (χ0n) is 16.7. The number of benzene rings is 1. The van der Waals surface area contributed by atoms with Crippen LogP contribution in [0.15, 0.2) is 46.8 Å². The molecule has 1 aromatic heterocycles. The van der Waals surface area contributed by atoms with Crippen LogP contribution in [0.2, 0.25) is 0 Å². The smallest absolute Gasteiger partial charge is 0.191 e. The van der Waals surface area contributed by atoms with Gasteiger partial charge in [-0.25, -0.2) is 0 Å². The topological polar surface area (TPSA) is 58.1 Å². The Morgan fingerprint density at radius 1 is 1.18 bits per heavy atom. The molecule has 2 aromatic rings. The van der Waals surface area contributed by atoms with Crippen molar-refractivity contribution in [2.24, 2.45) is 4.99 Å². The minimum Gasteiger partial charge on any atom is -0.497 e. The Morgan fingerprint density at radius 3 is 2.57 bits per heavy atom. The van der Waals surface area contributed by atoms with Gasteiger partial charge in [-0.15, -0.1) is 11.3 Å². The molecule has 152 valence electrons. The molecule has 1 aromatic carbocycles. The third-order valence-corrected chi connectivity index (χ3v) is 5.75. The number of guanidine groups is 1. The minimum atomic E-state index is 0.470. The summed E-state index contributed by atoms with van der Waals surface area (Å²) in [7, 11) is 3.49. The first kappa shape index (κ1) is 20.3. The van der Waals surface area contributed by atoms with Crippen molar-refractivity contribution in [3.8, 4) is 11.5 Å². The van der Waals surface area contributed by atoms with Gasteiger partial charge in [-0.2, -0.15) is 0 Å². The van der Waals surface area contributed by atoms with E-state index in [0.29, 0.717) is 12.6 Å². The Hall–Kier alpha value is -2.41. The highest BCUT2D eigenvalue weighted by Crippen LogP contribution is 2.24. The molecule has 1 aliphatic rings. The van der Waals surface area contributed by atoms with Gasteiger partial charge >= 0.3 is 0 Å². The Morgan fingerprint density at radius 2 is 1.93 bits per heavy atom. The molecule has 0 atom stereocenters. The second-order valence-corrected chi connectivity index (χ2v) is 7.66. The number of nitrogens with one attached hydrogen (secondary N) is 2. The number of methoxy groups -OCH3 is 1. The van der Waals surface area contributed by atoms with Crippen molar-refractivity contribution in [2.45, 2.75) is 25.3 Å². The summed E-state index contributed by atoms with van der Waals surface area (Å²) in [6.45, 7) is 3.66. The summed E-state index contributed by atoms with van der Waals surface area (Å²) in [4.78, 5) is 6.82. The van der Waals surface area contributed by atoms with E-state index in [1.54, 1.807) is 7.11 Å². The van der Waals surface area contributed by atoms with Gasteiger partial charge in [-0.05, 0) is 61.0 Å². The molecule has 2 heterocycles. The third-order valence-electron chi connectivity index (χ3n) is 4.82. The number of hydrogen-bond acceptors (Lipinski definition) is 5. The number of aliphatic imine (C=N–C) groups is 1. The van der Waals surface area contributed by atoms with Gasteiger partial charge in [-0.3, -0.25) is 4.99 Å². The van der Waals surface area contributed by atoms with Gasteiger partial charge in [0, 0.05) is 32.7 Å². The molecule has 3 rings (SSSR count). The number of ether oxygens (including phenoxy) is 2. The zero-order valence-corrected chi connectivity index (χ0v) is 17.5. The van der Waals surface area contributed by atoms with E-state index in [1.165, 1.54) is 5.00 Å². The molecule has 2 N–H and O–H groups in total. The summed E-state index contributed by atoms with van der Waals surface area (Å²) in [6, 6.07) is 12.5. The highest BCUT2D eigenvalue weighted by atomic mass is 32.1. The van der Waals surface area contributed by atoms with Crippen LogP contribution in [0.4, 0.5) is 5.00 Å². The molecule has 0 aliphatic carbocycles. The van der Waals surface area contributed by atoms with E-state index < -0.39 is 0 Å². The van der Waals surface area contributed by atoms with E-state index in [0.717, 1.165) is 56.4 Å². The van der Waals surface area contributed by atoms with Crippen molar-refractivity contribution in [1.82, 2.24) is 10.6 Å². The van der Waals surface area contributed by atoms with Crippen molar-refractivity contribution >= 4 is 22.3 Å². The molecule has 7 heteroatoms. The van der Waals surface area contributed by atoms with Crippen LogP contribution in [0.3, 0.4) is 0 Å². The Labute approximate surface area is 171 Å². The Kier molecular flexibility index (Phi) is 7.84. The molecular weight excluding hydrogens is 372 g/mol. The van der Waals surface area contributed by atoms with Crippen LogP contribution in [0.1, 0.15) is 19.3 Å². The van der Waals surface area contributed by atoms with E-state index >= 15 is 0 Å². The van der Waals surface area contributed by atoms with Crippen LogP contribution in [-0.2, 0) is 0 Å². The normalized spacial score (nSPS) is 15.4. The molecule has 6 nitrogen and oxygen atoms in total. The van der Waals surface area contributed by atoms with Crippen molar-refractivity contribution in [2.75, 3.05) is 45.3 Å². The fraction of sp³-hybridized carbons (Fsp3) is 0.476. The fourth-order valence-corrected chi connectivity index (χ4v) is 4.01. The standard InChI is InChI=1S/C21H30N4O2S/c1-22-21(23-12-4-15-27-19-8-6-18(26-2)7-9-19)24-17-10-13-25(14-11-17)20-5-3-16-28-20/h3,5-9,16-17H,4,10-15H2,1-2H3,(H2,22,23,24). The van der Waals surface area contributed by atoms with Crippen molar-refractivity contribution in [3.05, 3.63) is 41.8 Å². The molecule has 0 bridgehead atoms. The van der Waals surface area contributed by atoms with Crippen LogP contribution < -0.4 is 25.0 Å². The number of hydrogen-bond donors (Lipinski definition) is 2. The minimum absolute atomic E-state index is 0.470. The Bertz CT molecular complexity index is 711. The number of thiophene rings is 1. The molecule has 0 radical (unpaired) electrons. The molecule has 28 heavy (non-hydrogen) atoms. The average molecular weight is 403 g/mol. The van der Waals surface area contributed by atoms with Gasteiger partial charge in [0.05, 0.1) is 18.7 Å². The lowest BCUT2D eigenvalue weighted by Gasteiger charge is -2.33. The summed E-state index contributed by atoms with van der Waals surface area (Å²) in [5.74, 6) is 2.57. The lowest BCUT2D eigenvalue weighted by atomic mass is 10.1.